The zero-order valence-electron chi connectivity index (χ0n) is 16.8. The number of hydrogen-bond donors (Lipinski definition) is 2. The number of carbonyl (C=O) groups is 1. The Morgan fingerprint density at radius 2 is 2.03 bits per heavy atom. The number of halogens is 1. The molecule has 0 bridgehead atoms. The fraction of sp³-hybridized carbons (Fsp3) is 0.348. The summed E-state index contributed by atoms with van der Waals surface area (Å²) in [4.78, 5) is 19.4. The third kappa shape index (κ3) is 4.25. The van der Waals surface area contributed by atoms with Crippen LogP contribution in [0.1, 0.15) is 47.3 Å². The number of H-pyrrole nitrogens is 1. The van der Waals surface area contributed by atoms with Gasteiger partial charge in [0, 0.05) is 41.6 Å². The van der Waals surface area contributed by atoms with E-state index in [0.29, 0.717) is 18.7 Å². The average Bonchev–Trinajstić information content (AvgIpc) is 3.31. The lowest BCUT2D eigenvalue weighted by molar-refractivity contribution is 0.0569. The number of hydrogen-bond acceptors (Lipinski definition) is 4. The van der Waals surface area contributed by atoms with Crippen LogP contribution in [-0.4, -0.2) is 38.6 Å². The molecule has 2 heterocycles. The number of aromatic nitrogens is 3. The third-order valence-electron chi connectivity index (χ3n) is 6.25. The molecule has 2 aromatic heterocycles. The van der Waals surface area contributed by atoms with Crippen molar-refractivity contribution in [1.29, 1.82) is 0 Å². The minimum atomic E-state index is -0.0988. The first-order chi connectivity index (χ1) is 14.6. The molecule has 1 aromatic carbocycles. The van der Waals surface area contributed by atoms with Crippen LogP contribution in [0, 0.1) is 0 Å². The standard InChI is InChI=1S/C23H26ClN5O/c24-19-5-1-4-18(13-19)23(16-25)9-6-21(7-10-23)29(15-20-8-12-27-28-20)22(30)17-3-2-11-26-14-17/h1-5,8,11-14,21H,6-7,9-10,15-16,25H2,(H,27,28)/t21-,23-. The van der Waals surface area contributed by atoms with E-state index in [1.165, 1.54) is 5.56 Å². The Balaban J connectivity index is 1.56. The van der Waals surface area contributed by atoms with E-state index in [4.69, 9.17) is 17.3 Å². The quantitative estimate of drug-likeness (QED) is 0.628. The third-order valence-corrected chi connectivity index (χ3v) is 6.48. The van der Waals surface area contributed by atoms with Crippen LogP contribution in [0.25, 0.3) is 0 Å². The van der Waals surface area contributed by atoms with Gasteiger partial charge in [-0.25, -0.2) is 0 Å². The molecule has 0 aliphatic heterocycles. The highest BCUT2D eigenvalue weighted by Gasteiger charge is 2.39. The smallest absolute Gasteiger partial charge is 0.256 e. The number of rotatable bonds is 6. The predicted molar refractivity (Wildman–Crippen MR) is 117 cm³/mol. The molecule has 6 nitrogen and oxygen atoms in total. The van der Waals surface area contributed by atoms with Crippen LogP contribution >= 0.6 is 11.6 Å². The summed E-state index contributed by atoms with van der Waals surface area (Å²) in [6.45, 7) is 1.06. The van der Waals surface area contributed by atoms with Gasteiger partial charge in [-0.3, -0.25) is 14.9 Å². The van der Waals surface area contributed by atoms with Crippen LogP contribution < -0.4 is 5.73 Å². The first-order valence-electron chi connectivity index (χ1n) is 10.3. The summed E-state index contributed by atoms with van der Waals surface area (Å²) >= 11 is 6.24. The maximum absolute atomic E-state index is 13.3. The maximum atomic E-state index is 13.3. The highest BCUT2D eigenvalue weighted by Crippen LogP contribution is 2.41. The Morgan fingerprint density at radius 1 is 1.20 bits per heavy atom. The Labute approximate surface area is 181 Å². The van der Waals surface area contributed by atoms with E-state index in [2.05, 4.69) is 21.2 Å². The molecule has 0 atom stereocenters. The van der Waals surface area contributed by atoms with Gasteiger partial charge in [0.05, 0.1) is 17.8 Å². The fourth-order valence-electron chi connectivity index (χ4n) is 4.47. The monoisotopic (exact) mass is 423 g/mol. The number of carbonyl (C=O) groups excluding carboxylic acids is 1. The molecular weight excluding hydrogens is 398 g/mol. The zero-order valence-corrected chi connectivity index (χ0v) is 17.6. The summed E-state index contributed by atoms with van der Waals surface area (Å²) < 4.78 is 0. The zero-order chi connectivity index (χ0) is 21.0. The molecule has 7 heteroatoms. The van der Waals surface area contributed by atoms with Crippen molar-refractivity contribution in [2.24, 2.45) is 5.73 Å². The van der Waals surface area contributed by atoms with Gasteiger partial charge in [0.25, 0.3) is 5.91 Å². The van der Waals surface area contributed by atoms with Crippen LogP contribution in [-0.2, 0) is 12.0 Å². The van der Waals surface area contributed by atoms with Crippen molar-refractivity contribution in [2.45, 2.75) is 43.7 Å². The fourth-order valence-corrected chi connectivity index (χ4v) is 4.66. The van der Waals surface area contributed by atoms with Gasteiger partial charge in [0.1, 0.15) is 0 Å². The second-order valence-corrected chi connectivity index (χ2v) is 8.42. The summed E-state index contributed by atoms with van der Waals surface area (Å²) in [6.07, 6.45) is 8.59. The predicted octanol–water partition coefficient (Wildman–Crippen LogP) is 3.94. The number of nitrogens with one attached hydrogen (secondary N) is 1. The van der Waals surface area contributed by atoms with Gasteiger partial charge < -0.3 is 10.6 Å². The molecule has 1 fully saturated rings. The topological polar surface area (TPSA) is 87.9 Å². The molecule has 1 aliphatic carbocycles. The van der Waals surface area contributed by atoms with Crippen molar-refractivity contribution < 1.29 is 4.79 Å². The number of amides is 1. The Kier molecular flexibility index (Phi) is 6.16. The summed E-state index contributed by atoms with van der Waals surface area (Å²) in [5.74, 6) is -0.00861. The second-order valence-electron chi connectivity index (χ2n) is 7.98. The first-order valence-corrected chi connectivity index (χ1v) is 10.6. The summed E-state index contributed by atoms with van der Waals surface area (Å²) in [5, 5.41) is 7.74. The normalized spacial score (nSPS) is 21.3. The number of nitrogens with two attached hydrogens (primary N) is 1. The number of pyridine rings is 1. The highest BCUT2D eigenvalue weighted by molar-refractivity contribution is 6.30. The van der Waals surface area contributed by atoms with E-state index in [9.17, 15) is 4.79 Å². The maximum Gasteiger partial charge on any atom is 0.256 e. The van der Waals surface area contributed by atoms with Gasteiger partial charge in [-0.2, -0.15) is 5.10 Å². The van der Waals surface area contributed by atoms with Gasteiger partial charge in [-0.1, -0.05) is 23.7 Å². The van der Waals surface area contributed by atoms with Gasteiger partial charge in [0.2, 0.25) is 0 Å². The molecule has 1 amide bonds. The molecule has 1 aliphatic rings. The van der Waals surface area contributed by atoms with Crippen molar-refractivity contribution in [1.82, 2.24) is 20.1 Å². The van der Waals surface area contributed by atoms with Crippen LogP contribution in [0.5, 0.6) is 0 Å². The van der Waals surface area contributed by atoms with Crippen molar-refractivity contribution in [2.75, 3.05) is 6.54 Å². The lowest BCUT2D eigenvalue weighted by Crippen LogP contribution is -2.47. The van der Waals surface area contributed by atoms with Gasteiger partial charge in [0.15, 0.2) is 0 Å². The number of benzene rings is 1. The Hall–Kier alpha value is -2.70. The van der Waals surface area contributed by atoms with Crippen molar-refractivity contribution in [3.63, 3.8) is 0 Å². The molecular formula is C23H26ClN5O. The molecule has 0 radical (unpaired) electrons. The number of aromatic amines is 1. The molecule has 156 valence electrons. The molecule has 30 heavy (non-hydrogen) atoms. The Morgan fingerprint density at radius 3 is 2.67 bits per heavy atom. The SMILES string of the molecule is NC[C@]1(c2cccc(Cl)c2)CC[C@H](N(Cc2ccn[nH]2)C(=O)c2cccnc2)CC1. The van der Waals surface area contributed by atoms with Crippen molar-refractivity contribution in [3.8, 4) is 0 Å². The highest BCUT2D eigenvalue weighted by atomic mass is 35.5. The second kappa shape index (κ2) is 8.98. The van der Waals surface area contributed by atoms with Gasteiger partial charge >= 0.3 is 0 Å². The van der Waals surface area contributed by atoms with E-state index in [-0.39, 0.29) is 17.4 Å². The van der Waals surface area contributed by atoms with E-state index in [0.717, 1.165) is 36.4 Å². The minimum Gasteiger partial charge on any atom is -0.330 e. The largest absolute Gasteiger partial charge is 0.330 e. The van der Waals surface area contributed by atoms with Crippen LogP contribution in [0.15, 0.2) is 61.1 Å². The van der Waals surface area contributed by atoms with Crippen LogP contribution in [0.3, 0.4) is 0 Å². The summed E-state index contributed by atoms with van der Waals surface area (Å²) in [6, 6.07) is 13.6. The summed E-state index contributed by atoms with van der Waals surface area (Å²) in [5.41, 5.74) is 8.86. The van der Waals surface area contributed by atoms with Gasteiger partial charge in [-0.05, 0) is 61.6 Å². The van der Waals surface area contributed by atoms with Crippen LogP contribution in [0.2, 0.25) is 5.02 Å². The molecule has 0 unspecified atom stereocenters. The minimum absolute atomic E-state index is 0.00861. The van der Waals surface area contributed by atoms with Crippen LogP contribution in [0.4, 0.5) is 0 Å². The number of nitrogens with zero attached hydrogens (tertiary/aromatic N) is 3. The Bertz CT molecular complexity index is 968. The molecule has 3 aromatic rings. The molecule has 0 spiro atoms. The molecule has 4 rings (SSSR count). The lowest BCUT2D eigenvalue weighted by Gasteiger charge is -2.43. The molecule has 0 saturated heterocycles. The lowest BCUT2D eigenvalue weighted by atomic mass is 9.68. The van der Waals surface area contributed by atoms with E-state index >= 15 is 0 Å². The van der Waals surface area contributed by atoms with E-state index < -0.39 is 0 Å². The first kappa shape index (κ1) is 20.6. The molecule has 1 saturated carbocycles. The van der Waals surface area contributed by atoms with E-state index in [1.807, 2.05) is 35.2 Å². The van der Waals surface area contributed by atoms with E-state index in [1.54, 1.807) is 24.7 Å². The average molecular weight is 424 g/mol. The molecule has 3 N–H and O–H groups in total. The van der Waals surface area contributed by atoms with Gasteiger partial charge in [-0.15, -0.1) is 0 Å². The summed E-state index contributed by atoms with van der Waals surface area (Å²) in [7, 11) is 0. The van der Waals surface area contributed by atoms with Crippen molar-refractivity contribution >= 4 is 17.5 Å². The van der Waals surface area contributed by atoms with Crippen molar-refractivity contribution in [3.05, 3.63) is 82.9 Å².